The van der Waals surface area contributed by atoms with Gasteiger partial charge in [0.25, 0.3) is 0 Å². The second-order valence-corrected chi connectivity index (χ2v) is 4.12. The van der Waals surface area contributed by atoms with E-state index in [1.54, 1.807) is 0 Å². The molecule has 0 unspecified atom stereocenters. The van der Waals surface area contributed by atoms with Gasteiger partial charge in [-0.2, -0.15) is 0 Å². The molecule has 1 heterocycles. The van der Waals surface area contributed by atoms with Crippen molar-refractivity contribution in [1.29, 1.82) is 0 Å². The quantitative estimate of drug-likeness (QED) is 0.602. The third-order valence-corrected chi connectivity index (χ3v) is 2.76. The molecule has 11 heavy (non-hydrogen) atoms. The Labute approximate surface area is 70.8 Å². The molecular weight excluding hydrogens is 134 g/mol. The van der Waals surface area contributed by atoms with E-state index in [-0.39, 0.29) is 0 Å². The molecule has 0 N–H and O–H groups in total. The van der Waals surface area contributed by atoms with Gasteiger partial charge in [0.05, 0.1) is 0 Å². The highest BCUT2D eigenvalue weighted by molar-refractivity contribution is 4.81. The van der Waals surface area contributed by atoms with Crippen LogP contribution in [0.15, 0.2) is 0 Å². The Bertz CT molecular complexity index is 103. The molecule has 1 aliphatic rings. The van der Waals surface area contributed by atoms with E-state index in [9.17, 15) is 0 Å². The zero-order valence-electron chi connectivity index (χ0n) is 8.14. The lowest BCUT2D eigenvalue weighted by Gasteiger charge is -2.41. The van der Waals surface area contributed by atoms with Gasteiger partial charge >= 0.3 is 0 Å². The summed E-state index contributed by atoms with van der Waals surface area (Å²) in [5.41, 5.74) is 0. The van der Waals surface area contributed by atoms with Gasteiger partial charge in [-0.15, -0.1) is 0 Å². The van der Waals surface area contributed by atoms with E-state index in [2.05, 4.69) is 25.7 Å². The van der Waals surface area contributed by atoms with Crippen molar-refractivity contribution in [2.75, 3.05) is 19.6 Å². The first-order valence-electron chi connectivity index (χ1n) is 4.96. The Balaban J connectivity index is 2.00. The molecule has 1 fully saturated rings. The maximum atomic E-state index is 2.58. The summed E-state index contributed by atoms with van der Waals surface area (Å²) in [6, 6.07) is 0. The van der Waals surface area contributed by atoms with Crippen molar-refractivity contribution in [2.45, 2.75) is 33.6 Å². The summed E-state index contributed by atoms with van der Waals surface area (Å²) in [6.07, 6.45) is 2.72. The van der Waals surface area contributed by atoms with E-state index in [1.807, 2.05) is 0 Å². The molecule has 0 bridgehead atoms. The van der Waals surface area contributed by atoms with Gasteiger partial charge in [-0.1, -0.05) is 27.2 Å². The van der Waals surface area contributed by atoms with E-state index in [0.29, 0.717) is 0 Å². The van der Waals surface area contributed by atoms with E-state index in [4.69, 9.17) is 0 Å². The lowest BCUT2D eigenvalue weighted by atomic mass is 9.88. The van der Waals surface area contributed by atoms with Crippen LogP contribution in [0, 0.1) is 11.8 Å². The fourth-order valence-corrected chi connectivity index (χ4v) is 1.60. The average Bonchev–Trinajstić information content (AvgIpc) is 1.84. The van der Waals surface area contributed by atoms with Crippen molar-refractivity contribution in [3.8, 4) is 0 Å². The molecule has 0 amide bonds. The van der Waals surface area contributed by atoms with Crippen LogP contribution in [0.1, 0.15) is 33.6 Å². The van der Waals surface area contributed by atoms with E-state index in [0.717, 1.165) is 11.8 Å². The summed E-state index contributed by atoms with van der Waals surface area (Å²) in [7, 11) is 0. The molecule has 1 nitrogen and oxygen atoms in total. The lowest BCUT2D eigenvalue weighted by molar-refractivity contribution is 0.0675. The summed E-state index contributed by atoms with van der Waals surface area (Å²) in [5.74, 6) is 1.89. The number of unbranched alkanes of at least 4 members (excludes halogenated alkanes) is 1. The Morgan fingerprint density at radius 1 is 1.36 bits per heavy atom. The highest BCUT2D eigenvalue weighted by Gasteiger charge is 2.27. The fourth-order valence-electron chi connectivity index (χ4n) is 1.60. The van der Waals surface area contributed by atoms with Crippen molar-refractivity contribution in [3.05, 3.63) is 0 Å². The van der Waals surface area contributed by atoms with Crippen LogP contribution in [0.2, 0.25) is 0 Å². The Morgan fingerprint density at radius 2 is 2.00 bits per heavy atom. The molecule has 0 saturated carbocycles. The largest absolute Gasteiger partial charge is 0.303 e. The first-order valence-corrected chi connectivity index (χ1v) is 4.96. The van der Waals surface area contributed by atoms with Gasteiger partial charge in [-0.25, -0.2) is 0 Å². The van der Waals surface area contributed by atoms with Gasteiger partial charge in [0.15, 0.2) is 0 Å². The van der Waals surface area contributed by atoms with Crippen molar-refractivity contribution >= 4 is 0 Å². The van der Waals surface area contributed by atoms with E-state index >= 15 is 0 Å². The third-order valence-electron chi connectivity index (χ3n) is 2.76. The normalized spacial score (nSPS) is 20.7. The zero-order valence-corrected chi connectivity index (χ0v) is 8.14. The minimum atomic E-state index is 0.896. The number of likely N-dealkylation sites (tertiary alicyclic amines) is 1. The highest BCUT2D eigenvalue weighted by Crippen LogP contribution is 2.23. The molecule has 0 aromatic heterocycles. The average molecular weight is 155 g/mol. The van der Waals surface area contributed by atoms with Gasteiger partial charge in [-0.3, -0.25) is 0 Å². The summed E-state index contributed by atoms with van der Waals surface area (Å²) >= 11 is 0. The number of nitrogens with zero attached hydrogens (tertiary/aromatic N) is 1. The molecule has 1 saturated heterocycles. The Hall–Kier alpha value is -0.0400. The molecule has 0 aromatic carbocycles. The van der Waals surface area contributed by atoms with Gasteiger partial charge in [0, 0.05) is 13.1 Å². The van der Waals surface area contributed by atoms with Crippen molar-refractivity contribution < 1.29 is 0 Å². The van der Waals surface area contributed by atoms with Crippen molar-refractivity contribution in [2.24, 2.45) is 11.8 Å². The molecule has 0 spiro atoms. The topological polar surface area (TPSA) is 3.24 Å². The smallest absolute Gasteiger partial charge is 0.00245 e. The van der Waals surface area contributed by atoms with Crippen LogP contribution in [-0.4, -0.2) is 24.5 Å². The Kier molecular flexibility index (Phi) is 3.38. The van der Waals surface area contributed by atoms with Crippen LogP contribution < -0.4 is 0 Å². The third kappa shape index (κ3) is 2.48. The molecule has 0 aromatic rings. The predicted molar refractivity (Wildman–Crippen MR) is 49.7 cm³/mol. The zero-order chi connectivity index (χ0) is 8.27. The highest BCUT2D eigenvalue weighted by atomic mass is 15.2. The minimum Gasteiger partial charge on any atom is -0.303 e. The molecule has 66 valence electrons. The first kappa shape index (κ1) is 9.05. The van der Waals surface area contributed by atoms with Crippen molar-refractivity contribution in [1.82, 2.24) is 4.90 Å². The van der Waals surface area contributed by atoms with Crippen LogP contribution in [0.3, 0.4) is 0 Å². The molecule has 1 heteroatoms. The second-order valence-electron chi connectivity index (χ2n) is 4.12. The molecule has 1 rings (SSSR count). The standard InChI is InChI=1S/C10H21N/c1-4-5-6-11-7-10(8-11)9(2)3/h9-10H,4-8H2,1-3H3. The summed E-state index contributed by atoms with van der Waals surface area (Å²) in [6.45, 7) is 11.0. The van der Waals surface area contributed by atoms with Gasteiger partial charge < -0.3 is 4.90 Å². The van der Waals surface area contributed by atoms with E-state index in [1.165, 1.54) is 32.5 Å². The monoisotopic (exact) mass is 155 g/mol. The van der Waals surface area contributed by atoms with Crippen molar-refractivity contribution in [3.63, 3.8) is 0 Å². The van der Waals surface area contributed by atoms with Gasteiger partial charge in [-0.05, 0) is 24.8 Å². The SMILES string of the molecule is CCCCN1CC(C(C)C)C1. The van der Waals surface area contributed by atoms with Crippen LogP contribution in [-0.2, 0) is 0 Å². The summed E-state index contributed by atoms with van der Waals surface area (Å²) in [5, 5.41) is 0. The minimum absolute atomic E-state index is 0.896. The first-order chi connectivity index (χ1) is 5.24. The fraction of sp³-hybridized carbons (Fsp3) is 1.00. The van der Waals surface area contributed by atoms with E-state index < -0.39 is 0 Å². The maximum absolute atomic E-state index is 2.58. The Morgan fingerprint density at radius 3 is 2.45 bits per heavy atom. The molecule has 1 aliphatic heterocycles. The molecule has 0 aliphatic carbocycles. The van der Waals surface area contributed by atoms with Crippen LogP contribution >= 0.6 is 0 Å². The number of hydrogen-bond donors (Lipinski definition) is 0. The molecular formula is C10H21N. The maximum Gasteiger partial charge on any atom is 0.00245 e. The summed E-state index contributed by atoms with van der Waals surface area (Å²) in [4.78, 5) is 2.58. The van der Waals surface area contributed by atoms with Crippen LogP contribution in [0.5, 0.6) is 0 Å². The second kappa shape index (κ2) is 4.10. The van der Waals surface area contributed by atoms with Crippen LogP contribution in [0.4, 0.5) is 0 Å². The lowest BCUT2D eigenvalue weighted by Crippen LogP contribution is -2.49. The summed E-state index contributed by atoms with van der Waals surface area (Å²) < 4.78 is 0. The molecule has 0 atom stereocenters. The molecule has 0 radical (unpaired) electrons. The number of hydrogen-bond acceptors (Lipinski definition) is 1. The van der Waals surface area contributed by atoms with Crippen LogP contribution in [0.25, 0.3) is 0 Å². The van der Waals surface area contributed by atoms with Gasteiger partial charge in [0.1, 0.15) is 0 Å². The van der Waals surface area contributed by atoms with Gasteiger partial charge in [0.2, 0.25) is 0 Å². The number of rotatable bonds is 4. The predicted octanol–water partition coefficient (Wildman–Crippen LogP) is 2.37.